The molecule has 2 rings (SSSR count). The Labute approximate surface area is 109 Å². The van der Waals surface area contributed by atoms with Gasteiger partial charge in [0.1, 0.15) is 0 Å². The fraction of sp³-hybridized carbons (Fsp3) is 0.615. The third-order valence-corrected chi connectivity index (χ3v) is 3.36. The topological polar surface area (TPSA) is 54.6 Å². The first-order chi connectivity index (χ1) is 8.81. The van der Waals surface area contributed by atoms with E-state index in [1.54, 1.807) is 19.5 Å². The predicted octanol–water partition coefficient (Wildman–Crippen LogP) is 0.822. The number of anilines is 2. The molecule has 1 aliphatic rings. The molecule has 18 heavy (non-hydrogen) atoms. The molecule has 0 saturated carbocycles. The summed E-state index contributed by atoms with van der Waals surface area (Å²) in [5.41, 5.74) is 7.83. The molecular formula is C13H22N4O. The van der Waals surface area contributed by atoms with Gasteiger partial charge in [-0.25, -0.2) is 0 Å². The molecule has 2 N–H and O–H groups in total. The first-order valence-corrected chi connectivity index (χ1v) is 6.47. The molecule has 5 nitrogen and oxygen atoms in total. The number of hydrogen-bond acceptors (Lipinski definition) is 5. The SMILES string of the molecule is COCCCN1CCN(c2ccncc2N)CC1. The van der Waals surface area contributed by atoms with E-state index < -0.39 is 0 Å². The van der Waals surface area contributed by atoms with Crippen molar-refractivity contribution in [1.82, 2.24) is 9.88 Å². The van der Waals surface area contributed by atoms with Crippen LogP contribution in [0.15, 0.2) is 18.5 Å². The van der Waals surface area contributed by atoms with Crippen LogP contribution in [0.3, 0.4) is 0 Å². The van der Waals surface area contributed by atoms with Gasteiger partial charge in [0, 0.05) is 52.6 Å². The highest BCUT2D eigenvalue weighted by Gasteiger charge is 2.17. The average Bonchev–Trinajstić information content (AvgIpc) is 2.41. The summed E-state index contributed by atoms with van der Waals surface area (Å²) in [4.78, 5) is 8.84. The van der Waals surface area contributed by atoms with Gasteiger partial charge >= 0.3 is 0 Å². The maximum absolute atomic E-state index is 5.95. The zero-order valence-electron chi connectivity index (χ0n) is 11.0. The van der Waals surface area contributed by atoms with Crippen LogP contribution in [0.2, 0.25) is 0 Å². The fourth-order valence-electron chi connectivity index (χ4n) is 2.33. The Balaban J connectivity index is 1.81. The lowest BCUT2D eigenvalue weighted by molar-refractivity contribution is 0.169. The Morgan fingerprint density at radius 3 is 2.78 bits per heavy atom. The van der Waals surface area contributed by atoms with E-state index in [0.717, 1.165) is 57.1 Å². The Bertz CT molecular complexity index is 364. The van der Waals surface area contributed by atoms with Crippen molar-refractivity contribution in [3.63, 3.8) is 0 Å². The van der Waals surface area contributed by atoms with Crippen LogP contribution in [0.4, 0.5) is 11.4 Å². The Morgan fingerprint density at radius 2 is 2.11 bits per heavy atom. The maximum atomic E-state index is 5.95. The van der Waals surface area contributed by atoms with Crippen molar-refractivity contribution in [2.24, 2.45) is 0 Å². The summed E-state index contributed by atoms with van der Waals surface area (Å²) in [6.07, 6.45) is 4.63. The van der Waals surface area contributed by atoms with E-state index in [9.17, 15) is 0 Å². The number of rotatable bonds is 5. The van der Waals surface area contributed by atoms with Crippen LogP contribution in [-0.4, -0.2) is 56.3 Å². The van der Waals surface area contributed by atoms with Gasteiger partial charge < -0.3 is 15.4 Å². The molecule has 0 atom stereocenters. The van der Waals surface area contributed by atoms with Crippen LogP contribution in [-0.2, 0) is 4.74 Å². The third-order valence-electron chi connectivity index (χ3n) is 3.36. The van der Waals surface area contributed by atoms with Gasteiger partial charge in [-0.1, -0.05) is 0 Å². The molecule has 0 bridgehead atoms. The number of nitrogen functional groups attached to an aromatic ring is 1. The molecule has 100 valence electrons. The summed E-state index contributed by atoms with van der Waals surface area (Å²) >= 11 is 0. The molecule has 0 unspecified atom stereocenters. The number of methoxy groups -OCH3 is 1. The highest BCUT2D eigenvalue weighted by atomic mass is 16.5. The lowest BCUT2D eigenvalue weighted by Gasteiger charge is -2.36. The van der Waals surface area contributed by atoms with Gasteiger partial charge in [0.25, 0.3) is 0 Å². The zero-order chi connectivity index (χ0) is 12.8. The molecule has 2 heterocycles. The van der Waals surface area contributed by atoms with Crippen LogP contribution >= 0.6 is 0 Å². The van der Waals surface area contributed by atoms with Crippen molar-refractivity contribution in [2.45, 2.75) is 6.42 Å². The van der Waals surface area contributed by atoms with E-state index in [0.29, 0.717) is 0 Å². The van der Waals surface area contributed by atoms with E-state index in [1.165, 1.54) is 0 Å². The molecule has 1 fully saturated rings. The molecule has 5 heteroatoms. The second-order valence-corrected chi connectivity index (χ2v) is 4.61. The number of nitrogens with two attached hydrogens (primary N) is 1. The van der Waals surface area contributed by atoms with Gasteiger partial charge in [-0.15, -0.1) is 0 Å². The van der Waals surface area contributed by atoms with Crippen molar-refractivity contribution in [3.8, 4) is 0 Å². The van der Waals surface area contributed by atoms with Gasteiger partial charge in [-0.3, -0.25) is 9.88 Å². The van der Waals surface area contributed by atoms with Gasteiger partial charge in [0.2, 0.25) is 0 Å². The van der Waals surface area contributed by atoms with Crippen molar-refractivity contribution in [1.29, 1.82) is 0 Å². The van der Waals surface area contributed by atoms with Gasteiger partial charge in [-0.05, 0) is 12.5 Å². The molecule has 1 aliphatic heterocycles. The standard InChI is InChI=1S/C13H22N4O/c1-18-10-2-5-16-6-8-17(9-7-16)13-3-4-15-11-12(13)14/h3-4,11H,2,5-10,14H2,1H3. The molecule has 0 radical (unpaired) electrons. The van der Waals surface area contributed by atoms with Crippen LogP contribution < -0.4 is 10.6 Å². The molecule has 0 amide bonds. The molecule has 0 spiro atoms. The largest absolute Gasteiger partial charge is 0.396 e. The fourth-order valence-corrected chi connectivity index (χ4v) is 2.33. The first-order valence-electron chi connectivity index (χ1n) is 6.47. The quantitative estimate of drug-likeness (QED) is 0.784. The van der Waals surface area contributed by atoms with E-state index >= 15 is 0 Å². The van der Waals surface area contributed by atoms with Crippen molar-refractivity contribution < 1.29 is 4.74 Å². The zero-order valence-corrected chi connectivity index (χ0v) is 11.0. The number of ether oxygens (including phenoxy) is 1. The average molecular weight is 250 g/mol. The number of piperazine rings is 1. The molecule has 0 aromatic carbocycles. The smallest absolute Gasteiger partial charge is 0.0738 e. The molecule has 1 aromatic rings. The lowest BCUT2D eigenvalue weighted by atomic mass is 10.2. The summed E-state index contributed by atoms with van der Waals surface area (Å²) in [6.45, 7) is 6.20. The Hall–Kier alpha value is -1.33. The highest BCUT2D eigenvalue weighted by molar-refractivity contribution is 5.66. The van der Waals surface area contributed by atoms with E-state index in [4.69, 9.17) is 10.5 Å². The summed E-state index contributed by atoms with van der Waals surface area (Å²) in [5.74, 6) is 0. The van der Waals surface area contributed by atoms with Crippen molar-refractivity contribution >= 4 is 11.4 Å². The lowest BCUT2D eigenvalue weighted by Crippen LogP contribution is -2.47. The molecule has 1 saturated heterocycles. The van der Waals surface area contributed by atoms with Gasteiger partial charge in [-0.2, -0.15) is 0 Å². The minimum Gasteiger partial charge on any atom is -0.396 e. The summed E-state index contributed by atoms with van der Waals surface area (Å²) in [6, 6.07) is 2.00. The first kappa shape index (κ1) is 13.1. The third kappa shape index (κ3) is 3.34. The summed E-state index contributed by atoms with van der Waals surface area (Å²) in [5, 5.41) is 0. The molecular weight excluding hydrogens is 228 g/mol. The number of pyridine rings is 1. The Morgan fingerprint density at radius 1 is 1.33 bits per heavy atom. The number of nitrogens with zero attached hydrogens (tertiary/aromatic N) is 3. The van der Waals surface area contributed by atoms with Gasteiger partial charge in [0.15, 0.2) is 0 Å². The minimum atomic E-state index is 0.769. The van der Waals surface area contributed by atoms with Crippen LogP contribution in [0, 0.1) is 0 Å². The minimum absolute atomic E-state index is 0.769. The van der Waals surface area contributed by atoms with Crippen LogP contribution in [0.1, 0.15) is 6.42 Å². The molecule has 0 aliphatic carbocycles. The second-order valence-electron chi connectivity index (χ2n) is 4.61. The highest BCUT2D eigenvalue weighted by Crippen LogP contribution is 2.22. The molecule has 1 aromatic heterocycles. The Kier molecular flexibility index (Phi) is 4.78. The van der Waals surface area contributed by atoms with Crippen molar-refractivity contribution in [2.75, 3.05) is 57.1 Å². The van der Waals surface area contributed by atoms with E-state index in [1.807, 2.05) is 6.07 Å². The van der Waals surface area contributed by atoms with Crippen LogP contribution in [0.25, 0.3) is 0 Å². The van der Waals surface area contributed by atoms with E-state index in [-0.39, 0.29) is 0 Å². The normalized spacial score (nSPS) is 17.1. The monoisotopic (exact) mass is 250 g/mol. The maximum Gasteiger partial charge on any atom is 0.0738 e. The number of aromatic nitrogens is 1. The van der Waals surface area contributed by atoms with Gasteiger partial charge in [0.05, 0.1) is 17.6 Å². The number of hydrogen-bond donors (Lipinski definition) is 1. The summed E-state index contributed by atoms with van der Waals surface area (Å²) in [7, 11) is 1.75. The second kappa shape index (κ2) is 6.56. The predicted molar refractivity (Wildman–Crippen MR) is 73.8 cm³/mol. The summed E-state index contributed by atoms with van der Waals surface area (Å²) < 4.78 is 5.08. The van der Waals surface area contributed by atoms with Crippen LogP contribution in [0.5, 0.6) is 0 Å². The van der Waals surface area contributed by atoms with Crippen molar-refractivity contribution in [3.05, 3.63) is 18.5 Å². The van der Waals surface area contributed by atoms with E-state index in [2.05, 4.69) is 14.8 Å².